The van der Waals surface area contributed by atoms with Crippen LogP contribution in [0.25, 0.3) is 0 Å². The van der Waals surface area contributed by atoms with E-state index in [9.17, 15) is 0 Å². The number of rotatable bonds is 1. The maximum atomic E-state index is 3.49. The minimum atomic E-state index is 0. The molecule has 0 N–H and O–H groups in total. The van der Waals surface area contributed by atoms with Crippen LogP contribution in [0, 0.1) is 6.92 Å². The summed E-state index contributed by atoms with van der Waals surface area (Å²) in [6, 6.07) is 0. The van der Waals surface area contributed by atoms with E-state index in [0.29, 0.717) is 0 Å². The van der Waals surface area contributed by atoms with Gasteiger partial charge in [0.25, 0.3) is 0 Å². The molecule has 0 aliphatic heterocycles. The zero-order chi connectivity index (χ0) is 3.41. The second kappa shape index (κ2) is 17.1. The van der Waals surface area contributed by atoms with Crippen LogP contribution >= 0.6 is 0 Å². The van der Waals surface area contributed by atoms with Crippen molar-refractivity contribution < 1.29 is 12.4 Å². The van der Waals surface area contributed by atoms with E-state index in [2.05, 4.69) is 13.5 Å². The van der Waals surface area contributed by atoms with Gasteiger partial charge in [-0.05, 0) is 0 Å². The predicted molar refractivity (Wildman–Crippen MR) is 25.9 cm³/mol. The molecule has 0 aromatic carbocycles. The summed E-state index contributed by atoms with van der Waals surface area (Å²) in [6.07, 6.45) is 2.60. The first-order valence-corrected chi connectivity index (χ1v) is 1.32. The third kappa shape index (κ3) is 21.4. The Morgan fingerprint density at radius 1 is 1.67 bits per heavy atom. The molecule has 0 bridgehead atoms. The van der Waals surface area contributed by atoms with Crippen LogP contribution < -0.4 is 12.4 Å². The van der Waals surface area contributed by atoms with Gasteiger partial charge in [0.15, 0.2) is 0 Å². The predicted octanol–water partition coefficient (Wildman–Crippen LogP) is -1.98. The molecule has 2 heteroatoms. The van der Waals surface area contributed by atoms with Gasteiger partial charge in [-0.15, -0.1) is 12.7 Å². The smallest absolute Gasteiger partial charge is 1.00 e. The molecule has 0 saturated heterocycles. The molecule has 0 aliphatic rings. The van der Waals surface area contributed by atoms with Crippen molar-refractivity contribution in [2.24, 2.45) is 0 Å². The van der Waals surface area contributed by atoms with Crippen molar-refractivity contribution in [2.45, 2.75) is 6.42 Å². The monoisotopic (exact) mass is 114 g/mol. The summed E-state index contributed by atoms with van der Waals surface area (Å²) in [5.74, 6) is 0. The summed E-state index contributed by atoms with van der Waals surface area (Å²) < 4.78 is 0. The van der Waals surface area contributed by atoms with Gasteiger partial charge < -0.3 is 19.3 Å². The first kappa shape index (κ1) is 15.8. The van der Waals surface area contributed by atoms with Gasteiger partial charge in [-0.3, -0.25) is 0 Å². The fraction of sp³-hybridized carbons (Fsp3) is 0.250. The molecule has 0 saturated carbocycles. The van der Waals surface area contributed by atoms with Crippen molar-refractivity contribution in [2.75, 3.05) is 0 Å². The molecule has 0 unspecified atom stereocenters. The van der Waals surface area contributed by atoms with Crippen LogP contribution in [-0.2, 0) is 0 Å². The van der Waals surface area contributed by atoms with E-state index < -0.39 is 0 Å². The van der Waals surface area contributed by atoms with Crippen LogP contribution in [0.5, 0.6) is 0 Å². The van der Waals surface area contributed by atoms with E-state index in [4.69, 9.17) is 0 Å². The quantitative estimate of drug-likeness (QED) is 0.211. The molecular formula is C4H7ClMg. The molecule has 0 nitrogen and oxygen atoms in total. The molecule has 0 amide bonds. The Balaban J connectivity index is -0.0000000450. The molecule has 0 atom stereocenters. The zero-order valence-corrected chi connectivity index (χ0v) is 5.95. The molecule has 0 spiro atoms. The fourth-order valence-corrected chi connectivity index (χ4v) is 0. The third-order valence-electron chi connectivity index (χ3n) is 0.204. The Hall–Kier alpha value is 0.796. The Labute approximate surface area is 61.6 Å². The average Bonchev–Trinajstić information content (AvgIpc) is 1.37. The number of hydrogen-bond acceptors (Lipinski definition) is 0. The molecule has 0 fully saturated rings. The molecule has 0 radical (unpaired) electrons. The Morgan fingerprint density at radius 3 is 1.83 bits per heavy atom. The third-order valence-corrected chi connectivity index (χ3v) is 0.204. The summed E-state index contributed by atoms with van der Waals surface area (Å²) in [6.45, 7) is 6.90. The fourth-order valence-electron chi connectivity index (χ4n) is 0. The SMILES string of the molecule is C=CC[CH2-].[Cl-].[Mg+2]. The second-order valence-electron chi connectivity index (χ2n) is 0.577. The van der Waals surface area contributed by atoms with Gasteiger partial charge in [-0.2, -0.15) is 6.42 Å². The minimum Gasteiger partial charge on any atom is -1.00 e. The first-order chi connectivity index (χ1) is 1.91. The number of hydrogen-bond donors (Lipinski definition) is 0. The topological polar surface area (TPSA) is 0 Å². The largest absolute Gasteiger partial charge is 2.00 e. The van der Waals surface area contributed by atoms with Gasteiger partial charge >= 0.3 is 23.1 Å². The minimum absolute atomic E-state index is 0. The standard InChI is InChI=1S/C4H7.ClH.Mg/c1-3-4-2;;/h3H,1-2,4H2;1H;/q-1;;+2/p-1. The second-order valence-corrected chi connectivity index (χ2v) is 0.577. The van der Waals surface area contributed by atoms with Crippen LogP contribution in [0.4, 0.5) is 0 Å². The van der Waals surface area contributed by atoms with Gasteiger partial charge in [0, 0.05) is 0 Å². The maximum absolute atomic E-state index is 3.49. The van der Waals surface area contributed by atoms with Crippen molar-refractivity contribution in [3.63, 3.8) is 0 Å². The normalized spacial score (nSPS) is 4.17. The summed E-state index contributed by atoms with van der Waals surface area (Å²) in [7, 11) is 0. The van der Waals surface area contributed by atoms with E-state index in [1.807, 2.05) is 0 Å². The van der Waals surface area contributed by atoms with Gasteiger partial charge in [-0.25, -0.2) is 0 Å². The summed E-state index contributed by atoms with van der Waals surface area (Å²) in [5, 5.41) is 0. The van der Waals surface area contributed by atoms with Crippen LogP contribution in [0.3, 0.4) is 0 Å². The van der Waals surface area contributed by atoms with Gasteiger partial charge in [-0.1, -0.05) is 0 Å². The molecule has 0 aromatic rings. The molecule has 0 rings (SSSR count). The van der Waals surface area contributed by atoms with Gasteiger partial charge in [0.05, 0.1) is 0 Å². The Morgan fingerprint density at radius 2 is 1.83 bits per heavy atom. The number of allylic oxidation sites excluding steroid dienone is 1. The van der Waals surface area contributed by atoms with E-state index in [0.717, 1.165) is 6.42 Å². The Kier molecular flexibility index (Phi) is 45.0. The average molecular weight is 115 g/mol. The summed E-state index contributed by atoms with van der Waals surface area (Å²) in [4.78, 5) is 0. The molecule has 6 heavy (non-hydrogen) atoms. The first-order valence-electron chi connectivity index (χ1n) is 1.32. The maximum Gasteiger partial charge on any atom is 2.00 e. The molecule has 0 aliphatic carbocycles. The Bertz CT molecular complexity index is 21.5. The number of halogens is 1. The van der Waals surface area contributed by atoms with E-state index in [1.54, 1.807) is 6.08 Å². The van der Waals surface area contributed by atoms with E-state index >= 15 is 0 Å². The van der Waals surface area contributed by atoms with E-state index in [1.165, 1.54) is 0 Å². The zero-order valence-electron chi connectivity index (χ0n) is 3.78. The van der Waals surface area contributed by atoms with Crippen molar-refractivity contribution in [3.05, 3.63) is 19.6 Å². The van der Waals surface area contributed by atoms with Crippen LogP contribution in [0.2, 0.25) is 0 Å². The van der Waals surface area contributed by atoms with Gasteiger partial charge in [0.1, 0.15) is 0 Å². The van der Waals surface area contributed by atoms with Crippen molar-refractivity contribution in [3.8, 4) is 0 Å². The van der Waals surface area contributed by atoms with Gasteiger partial charge in [0.2, 0.25) is 0 Å². The molecular weight excluding hydrogens is 108 g/mol. The molecule has 0 heterocycles. The molecule has 0 aromatic heterocycles. The van der Waals surface area contributed by atoms with Crippen molar-refractivity contribution in [1.29, 1.82) is 0 Å². The van der Waals surface area contributed by atoms with Crippen LogP contribution in [0.15, 0.2) is 12.7 Å². The van der Waals surface area contributed by atoms with Crippen LogP contribution in [-0.4, -0.2) is 23.1 Å². The summed E-state index contributed by atoms with van der Waals surface area (Å²) in [5.41, 5.74) is 0. The summed E-state index contributed by atoms with van der Waals surface area (Å²) >= 11 is 0. The van der Waals surface area contributed by atoms with Crippen molar-refractivity contribution in [1.82, 2.24) is 0 Å². The molecule has 32 valence electrons. The van der Waals surface area contributed by atoms with Crippen molar-refractivity contribution >= 4 is 23.1 Å². The van der Waals surface area contributed by atoms with E-state index in [-0.39, 0.29) is 35.5 Å². The van der Waals surface area contributed by atoms with Crippen LogP contribution in [0.1, 0.15) is 6.42 Å².